The molecule has 2 atom stereocenters. The molecule has 19 heavy (non-hydrogen) atoms. The fraction of sp³-hybridized carbons (Fsp3) is 0.533. The number of phenolic OH excluding ortho intramolecular Hbond substituents is 1. The van der Waals surface area contributed by atoms with Gasteiger partial charge in [0, 0.05) is 12.5 Å². The average molecular weight is 263 g/mol. The van der Waals surface area contributed by atoms with Gasteiger partial charge >= 0.3 is 5.97 Å². The highest BCUT2D eigenvalue weighted by atomic mass is 16.5. The summed E-state index contributed by atoms with van der Waals surface area (Å²) < 4.78 is 4.91. The van der Waals surface area contributed by atoms with E-state index in [-0.39, 0.29) is 17.9 Å². The van der Waals surface area contributed by atoms with Crippen LogP contribution in [0.2, 0.25) is 0 Å². The van der Waals surface area contributed by atoms with Crippen LogP contribution in [0, 0.1) is 0 Å². The molecular formula is C15H21NO3. The normalized spacial score (nSPS) is 21.2. The van der Waals surface area contributed by atoms with E-state index in [1.807, 2.05) is 19.1 Å². The van der Waals surface area contributed by atoms with E-state index >= 15 is 0 Å². The number of hydrogen-bond acceptors (Lipinski definition) is 4. The number of aromatic hydroxyl groups is 1. The average Bonchev–Trinajstić information content (AvgIpc) is 2.68. The molecule has 4 nitrogen and oxygen atoms in total. The zero-order valence-corrected chi connectivity index (χ0v) is 11.3. The van der Waals surface area contributed by atoms with Crippen molar-refractivity contribution >= 4 is 5.97 Å². The lowest BCUT2D eigenvalue weighted by Crippen LogP contribution is -2.25. The van der Waals surface area contributed by atoms with Crippen LogP contribution in [0.25, 0.3) is 0 Å². The fourth-order valence-corrected chi connectivity index (χ4v) is 2.84. The van der Waals surface area contributed by atoms with Gasteiger partial charge in [0.1, 0.15) is 5.75 Å². The zero-order chi connectivity index (χ0) is 13.8. The van der Waals surface area contributed by atoms with Crippen molar-refractivity contribution in [2.45, 2.75) is 44.6 Å². The van der Waals surface area contributed by atoms with Crippen molar-refractivity contribution < 1.29 is 14.6 Å². The lowest BCUT2D eigenvalue weighted by molar-refractivity contribution is -0.143. The van der Waals surface area contributed by atoms with Crippen molar-refractivity contribution in [3.05, 3.63) is 29.3 Å². The monoisotopic (exact) mass is 263 g/mol. The Hall–Kier alpha value is -1.55. The second-order valence-corrected chi connectivity index (χ2v) is 5.02. The van der Waals surface area contributed by atoms with Crippen LogP contribution < -0.4 is 5.73 Å². The summed E-state index contributed by atoms with van der Waals surface area (Å²) in [7, 11) is 0. The minimum absolute atomic E-state index is 0.0329. The third-order valence-corrected chi connectivity index (χ3v) is 3.75. The van der Waals surface area contributed by atoms with Gasteiger partial charge in [-0.15, -0.1) is 0 Å². The molecule has 0 heterocycles. The Morgan fingerprint density at radius 2 is 2.32 bits per heavy atom. The van der Waals surface area contributed by atoms with Gasteiger partial charge in [-0.1, -0.05) is 12.1 Å². The fourth-order valence-electron chi connectivity index (χ4n) is 2.84. The molecule has 1 aromatic carbocycles. The number of carbonyl (C=O) groups is 1. The second kappa shape index (κ2) is 6.06. The molecule has 2 rings (SSSR count). The molecule has 0 aromatic heterocycles. The maximum Gasteiger partial charge on any atom is 0.305 e. The maximum atomic E-state index is 11.3. The molecule has 3 N–H and O–H groups in total. The van der Waals surface area contributed by atoms with Crippen LogP contribution >= 0.6 is 0 Å². The number of esters is 1. The molecule has 0 fully saturated rings. The summed E-state index contributed by atoms with van der Waals surface area (Å²) in [5.41, 5.74) is 8.25. The van der Waals surface area contributed by atoms with Crippen molar-refractivity contribution in [3.8, 4) is 5.75 Å². The van der Waals surface area contributed by atoms with E-state index < -0.39 is 0 Å². The molecule has 0 aliphatic heterocycles. The van der Waals surface area contributed by atoms with E-state index in [0.29, 0.717) is 25.2 Å². The van der Waals surface area contributed by atoms with Gasteiger partial charge in [0.15, 0.2) is 0 Å². The van der Waals surface area contributed by atoms with E-state index in [1.54, 1.807) is 6.07 Å². The first-order valence-electron chi connectivity index (χ1n) is 6.85. The number of ether oxygens (including phenoxy) is 1. The van der Waals surface area contributed by atoms with Crippen LogP contribution in [0.3, 0.4) is 0 Å². The Morgan fingerprint density at radius 3 is 3.05 bits per heavy atom. The number of phenols is 1. The van der Waals surface area contributed by atoms with Gasteiger partial charge in [0.25, 0.3) is 0 Å². The van der Waals surface area contributed by atoms with Gasteiger partial charge in [0.2, 0.25) is 0 Å². The van der Waals surface area contributed by atoms with E-state index in [4.69, 9.17) is 10.5 Å². The van der Waals surface area contributed by atoms with E-state index in [0.717, 1.165) is 24.0 Å². The Balaban J connectivity index is 1.95. The van der Waals surface area contributed by atoms with Gasteiger partial charge < -0.3 is 15.6 Å². The summed E-state index contributed by atoms with van der Waals surface area (Å²) in [6.45, 7) is 2.24. The van der Waals surface area contributed by atoms with Crippen molar-refractivity contribution in [2.24, 2.45) is 5.73 Å². The minimum Gasteiger partial charge on any atom is -0.508 e. The van der Waals surface area contributed by atoms with Crippen molar-refractivity contribution in [1.82, 2.24) is 0 Å². The Labute approximate surface area is 113 Å². The Morgan fingerprint density at radius 1 is 1.53 bits per heavy atom. The van der Waals surface area contributed by atoms with Crippen LogP contribution in [0.15, 0.2) is 18.2 Å². The minimum atomic E-state index is -0.148. The van der Waals surface area contributed by atoms with Crippen LogP contribution in [0.5, 0.6) is 5.75 Å². The molecule has 0 spiro atoms. The highest BCUT2D eigenvalue weighted by Crippen LogP contribution is 2.39. The number of nitrogens with two attached hydrogens (primary N) is 1. The van der Waals surface area contributed by atoms with Gasteiger partial charge in [-0.3, -0.25) is 4.79 Å². The van der Waals surface area contributed by atoms with E-state index in [9.17, 15) is 9.90 Å². The lowest BCUT2D eigenvalue weighted by Gasteiger charge is -2.16. The van der Waals surface area contributed by atoms with Crippen LogP contribution in [-0.4, -0.2) is 23.7 Å². The first kappa shape index (κ1) is 13.9. The molecule has 0 radical (unpaired) electrons. The van der Waals surface area contributed by atoms with Crippen LogP contribution in [-0.2, 0) is 16.0 Å². The first-order chi connectivity index (χ1) is 9.13. The lowest BCUT2D eigenvalue weighted by atomic mass is 9.93. The number of benzene rings is 1. The summed E-state index contributed by atoms with van der Waals surface area (Å²) in [6, 6.07) is 5.61. The highest BCUT2D eigenvalue weighted by molar-refractivity contribution is 5.69. The number of fused-ring (bicyclic) bond motifs is 1. The smallest absolute Gasteiger partial charge is 0.305 e. The zero-order valence-electron chi connectivity index (χ0n) is 11.3. The van der Waals surface area contributed by atoms with E-state index in [1.165, 1.54) is 0 Å². The van der Waals surface area contributed by atoms with Gasteiger partial charge in [-0.05, 0) is 49.3 Å². The Bertz CT molecular complexity index is 459. The summed E-state index contributed by atoms with van der Waals surface area (Å²) in [6.07, 6.45) is 2.78. The largest absolute Gasteiger partial charge is 0.508 e. The van der Waals surface area contributed by atoms with Gasteiger partial charge in [0.05, 0.1) is 6.61 Å². The summed E-state index contributed by atoms with van der Waals surface area (Å²) in [5.74, 6) is 0.419. The molecule has 0 saturated heterocycles. The van der Waals surface area contributed by atoms with Crippen LogP contribution in [0.1, 0.15) is 43.2 Å². The molecule has 0 amide bonds. The summed E-state index contributed by atoms with van der Waals surface area (Å²) >= 11 is 0. The maximum absolute atomic E-state index is 11.3. The summed E-state index contributed by atoms with van der Waals surface area (Å²) in [4.78, 5) is 11.3. The third kappa shape index (κ3) is 3.07. The first-order valence-corrected chi connectivity index (χ1v) is 6.85. The highest BCUT2D eigenvalue weighted by Gasteiger charge is 2.31. The standard InChI is InChI=1S/C15H21NO3/c1-2-19-15(18)8-4-6-11-10-5-3-7-14(17)12(10)9-13(11)16/h3,5,7,11,13,17H,2,4,6,8-9,16H2,1H3. The predicted octanol–water partition coefficient (Wildman–Crippen LogP) is 2.09. The molecule has 1 aromatic rings. The van der Waals surface area contributed by atoms with E-state index in [2.05, 4.69) is 0 Å². The molecule has 0 bridgehead atoms. The van der Waals surface area contributed by atoms with Crippen molar-refractivity contribution in [2.75, 3.05) is 6.61 Å². The molecule has 1 aliphatic rings. The van der Waals surface area contributed by atoms with Gasteiger partial charge in [-0.25, -0.2) is 0 Å². The number of hydrogen-bond donors (Lipinski definition) is 2. The van der Waals surface area contributed by atoms with Crippen LogP contribution in [0.4, 0.5) is 0 Å². The number of carbonyl (C=O) groups excluding carboxylic acids is 1. The third-order valence-electron chi connectivity index (χ3n) is 3.75. The molecule has 4 heteroatoms. The van der Waals surface area contributed by atoms with Crippen molar-refractivity contribution in [1.29, 1.82) is 0 Å². The quantitative estimate of drug-likeness (QED) is 0.798. The molecule has 2 unspecified atom stereocenters. The Kier molecular flexibility index (Phi) is 4.43. The predicted molar refractivity (Wildman–Crippen MR) is 73.0 cm³/mol. The SMILES string of the molecule is CCOC(=O)CCCC1c2cccc(O)c2CC1N. The summed E-state index contributed by atoms with van der Waals surface area (Å²) in [5, 5.41) is 9.82. The molecular weight excluding hydrogens is 242 g/mol. The van der Waals surface area contributed by atoms with Crippen molar-refractivity contribution in [3.63, 3.8) is 0 Å². The number of rotatable bonds is 5. The second-order valence-electron chi connectivity index (χ2n) is 5.02. The molecule has 1 aliphatic carbocycles. The van der Waals surface area contributed by atoms with Gasteiger partial charge in [-0.2, -0.15) is 0 Å². The topological polar surface area (TPSA) is 72.5 Å². The molecule has 104 valence electrons. The molecule has 0 saturated carbocycles.